The molecule has 2 aromatic heterocycles. The Kier molecular flexibility index (Phi) is 1.31. The van der Waals surface area contributed by atoms with Crippen LogP contribution in [0.3, 0.4) is 0 Å². The van der Waals surface area contributed by atoms with Crippen molar-refractivity contribution in [3.8, 4) is 0 Å². The van der Waals surface area contributed by atoms with Crippen LogP contribution < -0.4 is 11.5 Å². The summed E-state index contributed by atoms with van der Waals surface area (Å²) in [5.41, 5.74) is 5.44. The number of nitrogen functional groups attached to an aromatic ring is 1. The lowest BCUT2D eigenvalue weighted by atomic mass is 10.6. The standard InChI is InChI=1S/C5H3ClN4O2/c6-2-1-3(7)10-4(8-2)9-5(11)12-10/h1H,7H2. The zero-order chi connectivity index (χ0) is 8.72. The van der Waals surface area contributed by atoms with E-state index in [1.54, 1.807) is 0 Å². The van der Waals surface area contributed by atoms with E-state index in [1.165, 1.54) is 6.07 Å². The maximum absolute atomic E-state index is 10.6. The molecule has 7 heteroatoms. The number of anilines is 1. The van der Waals surface area contributed by atoms with Gasteiger partial charge in [0.2, 0.25) is 0 Å². The predicted octanol–water partition coefficient (Wildman–Crippen LogP) is -0.0819. The summed E-state index contributed by atoms with van der Waals surface area (Å²) in [5, 5.41) is 0.167. The Bertz CT molecular complexity index is 488. The molecule has 0 saturated heterocycles. The summed E-state index contributed by atoms with van der Waals surface area (Å²) in [6.45, 7) is 0. The molecule has 0 bridgehead atoms. The number of hydrogen-bond acceptors (Lipinski definition) is 5. The fourth-order valence-electron chi connectivity index (χ4n) is 0.813. The summed E-state index contributed by atoms with van der Waals surface area (Å²) in [4.78, 5) is 17.7. The van der Waals surface area contributed by atoms with Gasteiger partial charge in [0.05, 0.1) is 0 Å². The maximum Gasteiger partial charge on any atom is 0.461 e. The van der Waals surface area contributed by atoms with Crippen LogP contribution in [-0.2, 0) is 0 Å². The smallest absolute Gasteiger partial charge is 0.382 e. The van der Waals surface area contributed by atoms with Gasteiger partial charge in [-0.1, -0.05) is 11.6 Å². The van der Waals surface area contributed by atoms with Gasteiger partial charge >= 0.3 is 5.76 Å². The van der Waals surface area contributed by atoms with E-state index in [0.29, 0.717) is 0 Å². The second kappa shape index (κ2) is 2.21. The fraction of sp³-hybridized carbons (Fsp3) is 0. The summed E-state index contributed by atoms with van der Waals surface area (Å²) in [6, 6.07) is 1.36. The molecule has 0 amide bonds. The summed E-state index contributed by atoms with van der Waals surface area (Å²) in [5.74, 6) is -0.513. The van der Waals surface area contributed by atoms with Crippen molar-refractivity contribution in [1.82, 2.24) is 14.5 Å². The van der Waals surface area contributed by atoms with Crippen LogP contribution in [0.2, 0.25) is 5.15 Å². The van der Waals surface area contributed by atoms with E-state index in [9.17, 15) is 4.79 Å². The van der Waals surface area contributed by atoms with Crippen LogP contribution in [0.15, 0.2) is 15.4 Å². The van der Waals surface area contributed by atoms with E-state index in [0.717, 1.165) is 4.57 Å². The zero-order valence-electron chi connectivity index (χ0n) is 5.69. The average molecular weight is 187 g/mol. The SMILES string of the molecule is Nc1cc(Cl)nc2nc(=O)on12. The number of aromatic nitrogens is 3. The second-order valence-electron chi connectivity index (χ2n) is 2.07. The van der Waals surface area contributed by atoms with Gasteiger partial charge in [0.15, 0.2) is 0 Å². The third-order valence-corrected chi connectivity index (χ3v) is 1.44. The van der Waals surface area contributed by atoms with Gasteiger partial charge in [-0.15, -0.1) is 9.56 Å². The van der Waals surface area contributed by atoms with Crippen molar-refractivity contribution in [1.29, 1.82) is 0 Å². The number of halogens is 1. The topological polar surface area (TPSA) is 86.4 Å². The van der Waals surface area contributed by atoms with Crippen LogP contribution in [0.4, 0.5) is 5.82 Å². The molecule has 0 aliphatic carbocycles. The Morgan fingerprint density at radius 3 is 3.08 bits per heavy atom. The van der Waals surface area contributed by atoms with Crippen molar-refractivity contribution in [3.63, 3.8) is 0 Å². The van der Waals surface area contributed by atoms with Gasteiger partial charge in [0.25, 0.3) is 5.78 Å². The summed E-state index contributed by atoms with van der Waals surface area (Å²) < 4.78 is 5.57. The highest BCUT2D eigenvalue weighted by atomic mass is 35.5. The highest BCUT2D eigenvalue weighted by Crippen LogP contribution is 2.10. The van der Waals surface area contributed by atoms with Crippen LogP contribution in [0.25, 0.3) is 5.78 Å². The number of fused-ring (bicyclic) bond motifs is 1. The van der Waals surface area contributed by atoms with Crippen molar-refractivity contribution in [2.24, 2.45) is 0 Å². The van der Waals surface area contributed by atoms with E-state index >= 15 is 0 Å². The molecule has 0 unspecified atom stereocenters. The van der Waals surface area contributed by atoms with Crippen molar-refractivity contribution in [2.45, 2.75) is 0 Å². The predicted molar refractivity (Wildman–Crippen MR) is 40.9 cm³/mol. The Morgan fingerprint density at radius 2 is 2.33 bits per heavy atom. The molecule has 62 valence electrons. The molecule has 0 saturated carbocycles. The quantitative estimate of drug-likeness (QED) is 0.582. The Morgan fingerprint density at radius 1 is 1.58 bits per heavy atom. The second-order valence-corrected chi connectivity index (χ2v) is 2.45. The Balaban J connectivity index is 2.97. The molecule has 0 aliphatic heterocycles. The fourth-order valence-corrected chi connectivity index (χ4v) is 1.00. The minimum Gasteiger partial charge on any atom is -0.382 e. The Hall–Kier alpha value is -1.56. The normalized spacial score (nSPS) is 10.8. The number of hydrogen-bond donors (Lipinski definition) is 1. The number of nitrogens with two attached hydrogens (primary N) is 1. The lowest BCUT2D eigenvalue weighted by molar-refractivity contribution is 0.348. The summed E-state index contributed by atoms with van der Waals surface area (Å²) in [7, 11) is 0. The van der Waals surface area contributed by atoms with Gasteiger partial charge in [-0.2, -0.15) is 4.98 Å². The van der Waals surface area contributed by atoms with E-state index < -0.39 is 5.76 Å². The van der Waals surface area contributed by atoms with Crippen LogP contribution in [-0.4, -0.2) is 14.5 Å². The first-order chi connectivity index (χ1) is 5.66. The molecule has 0 atom stereocenters. The Labute approximate surface area is 70.5 Å². The minimum absolute atomic E-state index is 0.0602. The molecule has 12 heavy (non-hydrogen) atoms. The van der Waals surface area contributed by atoms with Gasteiger partial charge in [-0.05, 0) is 0 Å². The number of nitrogens with zero attached hydrogens (tertiary/aromatic N) is 3. The molecular formula is C5H3ClN4O2. The largest absolute Gasteiger partial charge is 0.461 e. The van der Waals surface area contributed by atoms with Gasteiger partial charge in [-0.3, -0.25) is 0 Å². The number of rotatable bonds is 0. The van der Waals surface area contributed by atoms with E-state index in [4.69, 9.17) is 17.3 Å². The van der Waals surface area contributed by atoms with Crippen molar-refractivity contribution >= 4 is 23.2 Å². The third-order valence-electron chi connectivity index (χ3n) is 1.25. The van der Waals surface area contributed by atoms with Crippen LogP contribution >= 0.6 is 11.6 Å². The van der Waals surface area contributed by atoms with Crippen molar-refractivity contribution in [2.75, 3.05) is 5.73 Å². The van der Waals surface area contributed by atoms with Gasteiger partial charge in [0.1, 0.15) is 11.0 Å². The average Bonchev–Trinajstić information content (AvgIpc) is 2.29. The molecule has 2 rings (SSSR count). The third kappa shape index (κ3) is 0.928. The first-order valence-corrected chi connectivity index (χ1v) is 3.37. The summed E-state index contributed by atoms with van der Waals surface area (Å²) >= 11 is 5.55. The molecule has 0 radical (unpaired) electrons. The first kappa shape index (κ1) is 7.11. The van der Waals surface area contributed by atoms with Crippen molar-refractivity contribution in [3.05, 3.63) is 21.8 Å². The monoisotopic (exact) mass is 186 g/mol. The first-order valence-electron chi connectivity index (χ1n) is 2.99. The molecule has 0 fully saturated rings. The molecule has 0 aromatic carbocycles. The maximum atomic E-state index is 10.6. The minimum atomic E-state index is -0.753. The molecule has 0 spiro atoms. The summed E-state index contributed by atoms with van der Waals surface area (Å²) in [6.07, 6.45) is 0. The lowest BCUT2D eigenvalue weighted by Crippen LogP contribution is -1.97. The van der Waals surface area contributed by atoms with E-state index in [-0.39, 0.29) is 16.7 Å². The van der Waals surface area contributed by atoms with Crippen molar-refractivity contribution < 1.29 is 4.52 Å². The highest BCUT2D eigenvalue weighted by Gasteiger charge is 2.05. The van der Waals surface area contributed by atoms with Gasteiger partial charge in [-0.25, -0.2) is 4.79 Å². The molecular weight excluding hydrogens is 184 g/mol. The van der Waals surface area contributed by atoms with Crippen LogP contribution in [0.1, 0.15) is 0 Å². The molecule has 0 aliphatic rings. The van der Waals surface area contributed by atoms with Gasteiger partial charge < -0.3 is 10.3 Å². The van der Waals surface area contributed by atoms with Gasteiger partial charge in [0, 0.05) is 6.07 Å². The lowest BCUT2D eigenvalue weighted by Gasteiger charge is -1.94. The van der Waals surface area contributed by atoms with E-state index in [2.05, 4.69) is 14.5 Å². The zero-order valence-corrected chi connectivity index (χ0v) is 6.45. The van der Waals surface area contributed by atoms with E-state index in [1.807, 2.05) is 0 Å². The van der Waals surface area contributed by atoms with Crippen LogP contribution in [0.5, 0.6) is 0 Å². The van der Waals surface area contributed by atoms with Crippen LogP contribution in [0, 0.1) is 0 Å². The molecule has 2 aromatic rings. The molecule has 6 nitrogen and oxygen atoms in total. The molecule has 2 N–H and O–H groups in total. The molecule has 2 heterocycles. The highest BCUT2D eigenvalue weighted by molar-refractivity contribution is 6.29.